The zero-order chi connectivity index (χ0) is 16.5. The highest BCUT2D eigenvalue weighted by Crippen LogP contribution is 2.49. The number of hydrogen-bond acceptors (Lipinski definition) is 5. The number of hydrogen-bond donors (Lipinski definition) is 0. The Bertz CT molecular complexity index is 1130. The lowest BCUT2D eigenvalue weighted by Crippen LogP contribution is -2.16. The zero-order valence-corrected chi connectivity index (χ0v) is 13.8. The van der Waals surface area contributed by atoms with Gasteiger partial charge in [-0.2, -0.15) is 8.42 Å². The topological polar surface area (TPSA) is 61.8 Å². The van der Waals surface area contributed by atoms with E-state index in [0.29, 0.717) is 5.75 Å². The predicted octanol–water partition coefficient (Wildman–Crippen LogP) is 3.16. The second-order valence-corrected chi connectivity index (χ2v) is 7.76. The van der Waals surface area contributed by atoms with Crippen molar-refractivity contribution in [2.24, 2.45) is 0 Å². The van der Waals surface area contributed by atoms with E-state index < -0.39 is 10.1 Å². The first kappa shape index (κ1) is 13.9. The quantitative estimate of drug-likeness (QED) is 0.529. The summed E-state index contributed by atoms with van der Waals surface area (Å²) in [7, 11) is -3.62. The van der Waals surface area contributed by atoms with E-state index in [4.69, 9.17) is 13.7 Å². The first-order valence-corrected chi connectivity index (χ1v) is 9.52. The van der Waals surface area contributed by atoms with Crippen LogP contribution in [0.15, 0.2) is 30.3 Å². The van der Waals surface area contributed by atoms with Crippen molar-refractivity contribution in [3.63, 3.8) is 0 Å². The van der Waals surface area contributed by atoms with E-state index in [1.54, 1.807) is 12.1 Å². The number of ether oxygens (including phenoxy) is 2. The highest BCUT2D eigenvalue weighted by molar-refractivity contribution is 7.86. The molecule has 5 nitrogen and oxygen atoms in total. The summed E-state index contributed by atoms with van der Waals surface area (Å²) in [4.78, 5) is 0. The largest absolute Gasteiger partial charge is 0.457 e. The molecule has 1 heterocycles. The van der Waals surface area contributed by atoms with Gasteiger partial charge < -0.3 is 13.7 Å². The molecule has 1 aliphatic heterocycles. The van der Waals surface area contributed by atoms with Crippen molar-refractivity contribution >= 4 is 31.7 Å². The molecule has 0 amide bonds. The molecule has 122 valence electrons. The fraction of sp³-hybridized carbons (Fsp3) is 0.222. The van der Waals surface area contributed by atoms with E-state index in [1.807, 2.05) is 12.1 Å². The third-order valence-corrected chi connectivity index (χ3v) is 5.13. The van der Waals surface area contributed by atoms with E-state index in [1.165, 1.54) is 11.1 Å². The molecule has 0 atom stereocenters. The minimum Gasteiger partial charge on any atom is -0.457 e. The summed E-state index contributed by atoms with van der Waals surface area (Å²) in [6.45, 7) is 0.186. The third-order valence-electron chi connectivity index (χ3n) is 4.65. The van der Waals surface area contributed by atoms with E-state index in [2.05, 4.69) is 6.07 Å². The fourth-order valence-corrected chi connectivity index (χ4v) is 4.10. The second-order valence-electron chi connectivity index (χ2n) is 6.19. The van der Waals surface area contributed by atoms with Gasteiger partial charge >= 0.3 is 10.1 Å². The van der Waals surface area contributed by atoms with Gasteiger partial charge in [0.2, 0.25) is 6.79 Å². The van der Waals surface area contributed by atoms with Crippen LogP contribution >= 0.6 is 0 Å². The van der Waals surface area contributed by atoms with Gasteiger partial charge in [0.25, 0.3) is 0 Å². The zero-order valence-electron chi connectivity index (χ0n) is 13.0. The van der Waals surface area contributed by atoms with E-state index in [9.17, 15) is 8.42 Å². The average Bonchev–Trinajstić information content (AvgIpc) is 2.48. The molecule has 2 aliphatic rings. The maximum Gasteiger partial charge on any atom is 0.306 e. The van der Waals surface area contributed by atoms with Crippen molar-refractivity contribution in [3.05, 3.63) is 41.5 Å². The molecular formula is C18H14O5S. The van der Waals surface area contributed by atoms with Gasteiger partial charge in [-0.25, -0.2) is 0 Å². The van der Waals surface area contributed by atoms with Crippen LogP contribution in [0.4, 0.5) is 0 Å². The summed E-state index contributed by atoms with van der Waals surface area (Å²) in [6, 6.07) is 9.41. The molecule has 0 saturated heterocycles. The molecule has 1 aliphatic carbocycles. The van der Waals surface area contributed by atoms with Crippen molar-refractivity contribution in [1.29, 1.82) is 0 Å². The fourth-order valence-electron chi connectivity index (χ4n) is 3.63. The standard InChI is InChI=1S/C18H14O5S/c1-24(19,20)23-13-4-2-3-11-8-15-18-14(21-9-22-15)7-10-5-6-12(10)17(18)16(11)13/h2-4,7-8H,5-6,9H2,1H3. The predicted molar refractivity (Wildman–Crippen MR) is 90.5 cm³/mol. The Kier molecular flexibility index (Phi) is 2.63. The minimum absolute atomic E-state index is 0.186. The number of rotatable bonds is 2. The molecule has 0 N–H and O–H groups in total. The lowest BCUT2D eigenvalue weighted by Gasteiger charge is -2.28. The molecule has 0 fully saturated rings. The second kappa shape index (κ2) is 4.54. The Morgan fingerprint density at radius 1 is 1.00 bits per heavy atom. The number of benzene rings is 3. The number of aryl methyl sites for hydroxylation is 2. The molecule has 3 aromatic rings. The van der Waals surface area contributed by atoms with Gasteiger partial charge in [-0.3, -0.25) is 0 Å². The van der Waals surface area contributed by atoms with Crippen LogP contribution in [0, 0.1) is 0 Å². The van der Waals surface area contributed by atoms with Crippen LogP contribution in [0.2, 0.25) is 0 Å². The Hall–Kier alpha value is -2.47. The van der Waals surface area contributed by atoms with Gasteiger partial charge in [0.05, 0.1) is 11.6 Å². The summed E-state index contributed by atoms with van der Waals surface area (Å²) in [6.07, 6.45) is 3.02. The Morgan fingerprint density at radius 3 is 2.50 bits per heavy atom. The molecule has 0 radical (unpaired) electrons. The van der Waals surface area contributed by atoms with Crippen molar-refractivity contribution in [2.75, 3.05) is 13.0 Å². The van der Waals surface area contributed by atoms with Crippen LogP contribution in [0.5, 0.6) is 17.2 Å². The smallest absolute Gasteiger partial charge is 0.306 e. The monoisotopic (exact) mass is 342 g/mol. The van der Waals surface area contributed by atoms with Gasteiger partial charge in [0.15, 0.2) is 5.75 Å². The van der Waals surface area contributed by atoms with Crippen LogP contribution in [-0.2, 0) is 23.0 Å². The van der Waals surface area contributed by atoms with Crippen molar-refractivity contribution in [2.45, 2.75) is 12.8 Å². The van der Waals surface area contributed by atoms with Crippen LogP contribution in [0.3, 0.4) is 0 Å². The summed E-state index contributed by atoms with van der Waals surface area (Å²) in [5.41, 5.74) is 2.46. The van der Waals surface area contributed by atoms with Crippen LogP contribution in [0.1, 0.15) is 11.1 Å². The molecule has 0 spiro atoms. The van der Waals surface area contributed by atoms with Crippen molar-refractivity contribution < 1.29 is 22.1 Å². The maximum atomic E-state index is 11.7. The van der Waals surface area contributed by atoms with Gasteiger partial charge in [-0.15, -0.1) is 0 Å². The third kappa shape index (κ3) is 1.89. The average molecular weight is 342 g/mol. The van der Waals surface area contributed by atoms with Crippen molar-refractivity contribution in [1.82, 2.24) is 0 Å². The lowest BCUT2D eigenvalue weighted by atomic mass is 9.81. The minimum atomic E-state index is -3.62. The normalized spacial score (nSPS) is 15.4. The van der Waals surface area contributed by atoms with Crippen molar-refractivity contribution in [3.8, 4) is 17.2 Å². The Morgan fingerprint density at radius 2 is 1.79 bits per heavy atom. The molecule has 0 unspecified atom stereocenters. The Labute approximate surface area is 138 Å². The van der Waals surface area contributed by atoms with E-state index in [-0.39, 0.29) is 6.79 Å². The van der Waals surface area contributed by atoms with Gasteiger partial charge in [0, 0.05) is 10.8 Å². The first-order chi connectivity index (χ1) is 11.5. The summed E-state index contributed by atoms with van der Waals surface area (Å²) in [5, 5.41) is 3.58. The summed E-state index contributed by atoms with van der Waals surface area (Å²) in [5.74, 6) is 1.91. The Balaban J connectivity index is 1.99. The molecule has 5 rings (SSSR count). The molecule has 24 heavy (non-hydrogen) atoms. The SMILES string of the molecule is CS(=O)(=O)Oc1cccc2cc3c4c(cc5c(c4c12)CC5)OCO3. The molecule has 0 saturated carbocycles. The van der Waals surface area contributed by atoms with Crippen LogP contribution in [-0.4, -0.2) is 21.5 Å². The van der Waals surface area contributed by atoms with E-state index in [0.717, 1.165) is 52.1 Å². The highest BCUT2D eigenvalue weighted by atomic mass is 32.2. The van der Waals surface area contributed by atoms with Crippen LogP contribution in [0.25, 0.3) is 21.5 Å². The first-order valence-electron chi connectivity index (χ1n) is 7.70. The summed E-state index contributed by atoms with van der Waals surface area (Å²) < 4.78 is 40.0. The highest BCUT2D eigenvalue weighted by Gasteiger charge is 2.27. The molecule has 0 bridgehead atoms. The summed E-state index contributed by atoms with van der Waals surface area (Å²) >= 11 is 0. The maximum absolute atomic E-state index is 11.7. The lowest BCUT2D eigenvalue weighted by molar-refractivity contribution is 0.112. The number of fused-ring (bicyclic) bond motifs is 4. The molecule has 6 heteroatoms. The van der Waals surface area contributed by atoms with Crippen LogP contribution < -0.4 is 13.7 Å². The molecular weight excluding hydrogens is 328 g/mol. The van der Waals surface area contributed by atoms with Gasteiger partial charge in [0.1, 0.15) is 11.5 Å². The molecule has 0 aromatic heterocycles. The van der Waals surface area contributed by atoms with Gasteiger partial charge in [-0.1, -0.05) is 12.1 Å². The van der Waals surface area contributed by atoms with E-state index >= 15 is 0 Å². The van der Waals surface area contributed by atoms with Gasteiger partial charge in [-0.05, 0) is 47.6 Å². The molecule has 3 aromatic carbocycles.